The summed E-state index contributed by atoms with van der Waals surface area (Å²) in [4.78, 5) is 87.5. The molecule has 0 aliphatic carbocycles. The van der Waals surface area contributed by atoms with Crippen LogP contribution in [0.25, 0.3) is 6.08 Å². The van der Waals surface area contributed by atoms with Crippen molar-refractivity contribution < 1.29 is 28.8 Å². The maximum atomic E-state index is 14.4. The number of aromatic nitrogens is 4. The van der Waals surface area contributed by atoms with Crippen LogP contribution in [0.5, 0.6) is 0 Å². The summed E-state index contributed by atoms with van der Waals surface area (Å²) in [5, 5.41) is 40.1. The molecular weight excluding hydrogens is 1140 g/mol. The van der Waals surface area contributed by atoms with Gasteiger partial charge in [0.15, 0.2) is 11.6 Å². The van der Waals surface area contributed by atoms with Gasteiger partial charge in [-0.15, -0.1) is 0 Å². The topological polar surface area (TPSA) is 269 Å². The molecule has 0 bridgehead atoms. The number of anilines is 8. The van der Waals surface area contributed by atoms with E-state index < -0.39 is 17.1 Å². The van der Waals surface area contributed by atoms with E-state index >= 15 is 0 Å². The highest BCUT2D eigenvalue weighted by molar-refractivity contribution is 6.07. The van der Waals surface area contributed by atoms with Crippen molar-refractivity contribution in [1.29, 1.82) is 0 Å². The summed E-state index contributed by atoms with van der Waals surface area (Å²) in [5.41, 5.74) is 8.75. The molecule has 0 unspecified atom stereocenters. The molecule has 0 saturated carbocycles. The van der Waals surface area contributed by atoms with Crippen LogP contribution in [0.4, 0.5) is 55.3 Å². The summed E-state index contributed by atoms with van der Waals surface area (Å²) in [7, 11) is 7.84. The van der Waals surface area contributed by atoms with Gasteiger partial charge in [0.05, 0.1) is 47.6 Å². The molecule has 0 radical (unpaired) electrons. The number of nitrogens with one attached hydrogen (secondary N) is 10. The molecule has 2 aromatic heterocycles. The molecule has 2 aliphatic heterocycles. The van der Waals surface area contributed by atoms with Gasteiger partial charge >= 0.3 is 12.1 Å². The lowest BCUT2D eigenvalue weighted by atomic mass is 10.0. The van der Waals surface area contributed by atoms with Gasteiger partial charge in [0.1, 0.15) is 0 Å². The molecule has 22 nitrogen and oxygen atoms in total. The van der Waals surface area contributed by atoms with Crippen LogP contribution >= 0.6 is 0 Å². The number of aromatic amines is 2. The zero-order valence-corrected chi connectivity index (χ0v) is 51.5. The van der Waals surface area contributed by atoms with E-state index in [4.69, 9.17) is 0 Å². The first-order chi connectivity index (χ1) is 43.1. The van der Waals surface area contributed by atoms with Gasteiger partial charge in [-0.3, -0.25) is 29.4 Å². The highest BCUT2D eigenvalue weighted by Gasteiger charge is 2.46. The fourth-order valence-electron chi connectivity index (χ4n) is 11.1. The Morgan fingerprint density at radius 3 is 1.60 bits per heavy atom. The average molecular weight is 1210 g/mol. The van der Waals surface area contributed by atoms with Crippen LogP contribution in [-0.2, 0) is 33.8 Å². The summed E-state index contributed by atoms with van der Waals surface area (Å²) in [6, 6.07) is 44.1. The molecule has 6 aromatic carbocycles. The number of carbonyl (C=O) groups excluding carboxylic acids is 6. The first-order valence-corrected chi connectivity index (χ1v) is 29.4. The molecule has 10 rings (SSSR count). The van der Waals surface area contributed by atoms with E-state index in [1.54, 1.807) is 89.8 Å². The van der Waals surface area contributed by atoms with Crippen molar-refractivity contribution in [2.75, 3.05) is 73.2 Å². The maximum absolute atomic E-state index is 14.4. The Morgan fingerprint density at radius 2 is 1.00 bits per heavy atom. The van der Waals surface area contributed by atoms with E-state index in [0.29, 0.717) is 70.8 Å². The predicted octanol–water partition coefficient (Wildman–Crippen LogP) is 11.0. The summed E-state index contributed by atoms with van der Waals surface area (Å²) in [6.45, 7) is 13.1. The lowest BCUT2D eigenvalue weighted by molar-refractivity contribution is -0.112. The number of benzene rings is 6. The summed E-state index contributed by atoms with van der Waals surface area (Å²) >= 11 is 0. The first-order valence-electron chi connectivity index (χ1n) is 29.4. The number of urea groups is 2. The number of hydrogen-bond acceptors (Lipinski definition) is 12. The van der Waals surface area contributed by atoms with Gasteiger partial charge in [-0.2, -0.15) is 10.2 Å². The molecule has 4 heterocycles. The van der Waals surface area contributed by atoms with Crippen molar-refractivity contribution in [2.45, 2.75) is 63.9 Å². The minimum Gasteiger partial charge on any atom is -0.338 e. The zero-order chi connectivity index (χ0) is 63.9. The van der Waals surface area contributed by atoms with E-state index in [1.165, 1.54) is 6.08 Å². The fraction of sp³-hybridized carbons (Fsp3) is 0.235. The van der Waals surface area contributed by atoms with E-state index in [-0.39, 0.29) is 48.3 Å². The maximum Gasteiger partial charge on any atom is 0.319 e. The molecule has 22 heteroatoms. The average Bonchev–Trinajstić information content (AvgIpc) is 2.53. The highest BCUT2D eigenvalue weighted by Crippen LogP contribution is 2.43. The van der Waals surface area contributed by atoms with Gasteiger partial charge in [0.25, 0.3) is 11.8 Å². The second kappa shape index (κ2) is 26.6. The highest BCUT2D eigenvalue weighted by atomic mass is 16.2. The van der Waals surface area contributed by atoms with Gasteiger partial charge in [-0.25, -0.2) is 9.59 Å². The Kier molecular flexibility index (Phi) is 18.4. The Bertz CT molecular complexity index is 4000. The third-order valence-corrected chi connectivity index (χ3v) is 15.8. The van der Waals surface area contributed by atoms with Crippen LogP contribution in [0, 0.1) is 0 Å². The second-order valence-electron chi connectivity index (χ2n) is 23.7. The van der Waals surface area contributed by atoms with Gasteiger partial charge in [-0.1, -0.05) is 67.2 Å². The summed E-state index contributed by atoms with van der Waals surface area (Å²) in [5.74, 6) is -0.304. The monoisotopic (exact) mass is 1210 g/mol. The van der Waals surface area contributed by atoms with Crippen LogP contribution in [0.15, 0.2) is 170 Å². The van der Waals surface area contributed by atoms with Crippen LogP contribution in [0.3, 0.4) is 0 Å². The van der Waals surface area contributed by atoms with E-state index in [9.17, 15) is 28.8 Å². The normalized spacial score (nSPS) is 14.3. The Labute approximate surface area is 522 Å². The molecule has 8 amide bonds. The van der Waals surface area contributed by atoms with Crippen LogP contribution in [0.2, 0.25) is 0 Å². The third kappa shape index (κ3) is 14.4. The Morgan fingerprint density at radius 1 is 0.522 bits per heavy atom. The number of hydrogen-bond donors (Lipinski definition) is 10. The lowest BCUT2D eigenvalue weighted by Crippen LogP contribution is -2.48. The zero-order valence-electron chi connectivity index (χ0n) is 51.5. The molecule has 462 valence electrons. The molecule has 0 spiro atoms. The van der Waals surface area contributed by atoms with Gasteiger partial charge in [0, 0.05) is 75.5 Å². The van der Waals surface area contributed by atoms with Crippen LogP contribution in [-0.4, -0.2) is 117 Å². The predicted molar refractivity (Wildman–Crippen MR) is 352 cm³/mol. The van der Waals surface area contributed by atoms with Crippen LogP contribution < -0.4 is 42.5 Å². The number of likely N-dealkylation sites (N-methyl/N-ethyl adjacent to an activating group) is 2. The number of carbonyl (C=O) groups is 6. The number of fused-ring (bicyclic) bond motifs is 2. The minimum atomic E-state index is -0.766. The van der Waals surface area contributed by atoms with Crippen molar-refractivity contribution in [3.63, 3.8) is 0 Å². The molecule has 0 saturated heterocycles. The number of nitrogens with zero attached hydrogens (tertiary/aromatic N) is 6. The van der Waals surface area contributed by atoms with E-state index in [0.717, 1.165) is 51.0 Å². The van der Waals surface area contributed by atoms with Crippen molar-refractivity contribution >= 4 is 87.5 Å². The fourth-order valence-corrected chi connectivity index (χ4v) is 11.1. The van der Waals surface area contributed by atoms with E-state index in [2.05, 4.69) is 74.4 Å². The summed E-state index contributed by atoms with van der Waals surface area (Å²) < 4.78 is 0. The lowest BCUT2D eigenvalue weighted by Gasteiger charge is -2.34. The van der Waals surface area contributed by atoms with Crippen molar-refractivity contribution in [2.24, 2.45) is 0 Å². The Balaban J connectivity index is 0.705. The number of rotatable bonds is 21. The van der Waals surface area contributed by atoms with Crippen molar-refractivity contribution in [3.8, 4) is 0 Å². The molecule has 2 aliphatic rings. The third-order valence-electron chi connectivity index (χ3n) is 15.8. The molecule has 90 heavy (non-hydrogen) atoms. The molecule has 0 fully saturated rings. The van der Waals surface area contributed by atoms with Crippen molar-refractivity contribution in [3.05, 3.63) is 221 Å². The van der Waals surface area contributed by atoms with Crippen LogP contribution in [0.1, 0.15) is 99.7 Å². The molecular formula is C68H74N16O6. The molecule has 8 aromatic rings. The molecule has 10 N–H and O–H groups in total. The van der Waals surface area contributed by atoms with Gasteiger partial charge < -0.3 is 62.1 Å². The quantitative estimate of drug-likeness (QED) is 0.0301. The number of H-pyrrole nitrogens is 2. The van der Waals surface area contributed by atoms with Crippen molar-refractivity contribution in [1.82, 2.24) is 50.6 Å². The van der Waals surface area contributed by atoms with Gasteiger partial charge in [0.2, 0.25) is 11.8 Å². The SMILES string of the molecule is C=CC(=O)Nc1cccc(C(=O)Nc2cccc(Nc3n[nH]c4c3CN(C(=O)N[C@H](CN(C)C)c3cccc(/C=C/C(=O)Nc5ccc(C(=O)Nc6ccc(Nc7n[nH]c8c7CN(C(=O)N[C@H](CN(C)C)c7ccccc7)C8(C)C)cc6)cc5)c3)C4(C)C)c2)c1. The second-order valence-corrected chi connectivity index (χ2v) is 23.7. The van der Waals surface area contributed by atoms with E-state index in [1.807, 2.05) is 138 Å². The minimum absolute atomic E-state index is 0.175. The Hall–Kier alpha value is -10.8. The molecule has 2 atom stereocenters. The summed E-state index contributed by atoms with van der Waals surface area (Å²) in [6.07, 6.45) is 4.29. The smallest absolute Gasteiger partial charge is 0.319 e. The number of amides is 8. The standard InChI is InChI=1S/C68H74N16O6/c1-10-57(85)70-50-22-15-21-46(36-50)64(88)74-52-24-16-23-51(37-52)72-62-54-39-84(68(4,5)60(54)78-80-62)66(90)76-56(41-82(8)9)45-20-14-17-42(35-45)25-34-58(86)69-47-28-26-44(27-29-47)63(87)73-49-32-30-48(31-33-49)71-61-53-38-83(67(2,3)59(53)77-79-61)65(89)75-55(40-81(6)7)43-18-12-11-13-19-43/h10-37,55-56H,1,38-41H2,2-9H3,(H,69,86)(H,70,85)(H,73,87)(H,74,88)(H,75,89)(H,76,90)(H2,71,77,79)(H2,72,78,80)/b34-25+/t55-,56-/m1/s1. The largest absolute Gasteiger partial charge is 0.338 e. The van der Waals surface area contributed by atoms with Gasteiger partial charge in [-0.05, 0) is 176 Å². The first kappa shape index (κ1) is 62.2.